The standard InChI is InChI=1S/C45H68N6O3/c1-29(2)32-19-24-45(40(54)46-27-12-10-8-9-11-16-37(53)47-31-15-13-14-30(28-31)39-48-50-51-49-39)26-25-43(6)33(38(32)45)17-18-35-42(5)22-21-36(52)41(3,4)34(42)20-23-44(35,43)7/h13-15,28,32-36,38,52H,1,8-12,16-27H2,2-7H3,(H,46,54)(H,47,53)(H,48,49,50,51)/t32-,33+,34-,35?,36-,38+,42-,43+,44+,45-/m0/s1. The van der Waals surface area contributed by atoms with Crippen LogP contribution in [0.1, 0.15) is 144 Å². The molecule has 54 heavy (non-hydrogen) atoms. The van der Waals surface area contributed by atoms with Crippen LogP contribution in [0.4, 0.5) is 5.69 Å². The lowest BCUT2D eigenvalue weighted by molar-refractivity contribution is -0.246. The highest BCUT2D eigenvalue weighted by molar-refractivity contribution is 5.91. The van der Waals surface area contributed by atoms with Gasteiger partial charge < -0.3 is 15.7 Å². The largest absolute Gasteiger partial charge is 0.393 e. The maximum Gasteiger partial charge on any atom is 0.226 e. The summed E-state index contributed by atoms with van der Waals surface area (Å²) in [6.45, 7) is 20.1. The Kier molecular flexibility index (Phi) is 10.7. The molecular weight excluding hydrogens is 673 g/mol. The second-order valence-corrected chi connectivity index (χ2v) is 19.9. The molecule has 1 unspecified atom stereocenters. The van der Waals surface area contributed by atoms with Gasteiger partial charge in [-0.2, -0.15) is 5.21 Å². The molecule has 2 aromatic rings. The van der Waals surface area contributed by atoms with Crippen LogP contribution in [0.25, 0.3) is 11.4 Å². The summed E-state index contributed by atoms with van der Waals surface area (Å²) in [5.74, 6) is 3.37. The minimum absolute atomic E-state index is 0.0108. The molecule has 9 nitrogen and oxygen atoms in total. The number of aliphatic hydroxyl groups excluding tert-OH is 1. The van der Waals surface area contributed by atoms with Crippen molar-refractivity contribution in [1.82, 2.24) is 25.9 Å². The molecule has 4 N–H and O–H groups in total. The first-order valence-electron chi connectivity index (χ1n) is 21.4. The van der Waals surface area contributed by atoms with Crippen molar-refractivity contribution in [1.29, 1.82) is 0 Å². The number of tetrazole rings is 1. The topological polar surface area (TPSA) is 133 Å². The number of allylic oxidation sites excluding steroid dienone is 1. The summed E-state index contributed by atoms with van der Waals surface area (Å²) < 4.78 is 0. The van der Waals surface area contributed by atoms with Crippen LogP contribution in [0.5, 0.6) is 0 Å². The monoisotopic (exact) mass is 741 g/mol. The highest BCUT2D eigenvalue weighted by Crippen LogP contribution is 2.77. The van der Waals surface area contributed by atoms with Gasteiger partial charge in [0.2, 0.25) is 17.6 Å². The van der Waals surface area contributed by atoms with Gasteiger partial charge in [-0.25, -0.2) is 0 Å². The molecule has 5 fully saturated rings. The van der Waals surface area contributed by atoms with Crippen LogP contribution in [0.2, 0.25) is 0 Å². The third kappa shape index (κ3) is 6.46. The summed E-state index contributed by atoms with van der Waals surface area (Å²) in [4.78, 5) is 27.1. The fourth-order valence-electron chi connectivity index (χ4n) is 14.1. The molecule has 5 saturated carbocycles. The Labute approximate surface area is 324 Å². The molecule has 0 saturated heterocycles. The Morgan fingerprint density at radius 1 is 0.889 bits per heavy atom. The summed E-state index contributed by atoms with van der Waals surface area (Å²) in [5, 5.41) is 31.7. The van der Waals surface area contributed by atoms with E-state index in [0.29, 0.717) is 47.7 Å². The molecule has 0 spiro atoms. The van der Waals surface area contributed by atoms with Crippen molar-refractivity contribution >= 4 is 17.5 Å². The van der Waals surface area contributed by atoms with Crippen LogP contribution in [0.3, 0.4) is 0 Å². The number of hydrogen-bond donors (Lipinski definition) is 4. The number of unbranched alkanes of at least 4 members (excludes halogenated alkanes) is 4. The van der Waals surface area contributed by atoms with Crippen molar-refractivity contribution in [2.24, 2.45) is 56.7 Å². The number of H-pyrrole nitrogens is 1. The van der Waals surface area contributed by atoms with E-state index in [4.69, 9.17) is 0 Å². The van der Waals surface area contributed by atoms with Crippen LogP contribution in [0.15, 0.2) is 36.4 Å². The maximum atomic E-state index is 14.5. The third-order valence-corrected chi connectivity index (χ3v) is 17.1. The third-order valence-electron chi connectivity index (χ3n) is 17.1. The molecule has 1 heterocycles. The lowest BCUT2D eigenvalue weighted by Crippen LogP contribution is -2.67. The van der Waals surface area contributed by atoms with E-state index >= 15 is 0 Å². The van der Waals surface area contributed by atoms with Gasteiger partial charge in [-0.15, -0.1) is 10.2 Å². The molecule has 0 bridgehead atoms. The van der Waals surface area contributed by atoms with Gasteiger partial charge in [0.25, 0.3) is 0 Å². The number of hydrogen-bond acceptors (Lipinski definition) is 6. The van der Waals surface area contributed by atoms with Crippen molar-refractivity contribution in [3.8, 4) is 11.4 Å². The van der Waals surface area contributed by atoms with Gasteiger partial charge in [-0.05, 0) is 153 Å². The molecule has 9 heteroatoms. The first-order chi connectivity index (χ1) is 25.7. The summed E-state index contributed by atoms with van der Waals surface area (Å²) in [5.41, 5.74) is 3.19. The predicted molar refractivity (Wildman–Crippen MR) is 214 cm³/mol. The molecule has 1 aromatic carbocycles. The van der Waals surface area contributed by atoms with Crippen LogP contribution in [0, 0.1) is 56.7 Å². The molecule has 5 aliphatic rings. The lowest BCUT2D eigenvalue weighted by Gasteiger charge is -2.72. The molecule has 0 radical (unpaired) electrons. The van der Waals surface area contributed by atoms with E-state index in [9.17, 15) is 14.7 Å². The van der Waals surface area contributed by atoms with E-state index in [-0.39, 0.29) is 39.1 Å². The number of carbonyl (C=O) groups excluding carboxylic acids is 2. The Morgan fingerprint density at radius 2 is 1.67 bits per heavy atom. The summed E-state index contributed by atoms with van der Waals surface area (Å²) >= 11 is 0. The number of benzene rings is 1. The Bertz CT molecular complexity index is 1690. The minimum atomic E-state index is -0.284. The molecular formula is C45H68N6O3. The summed E-state index contributed by atoms with van der Waals surface area (Å²) in [7, 11) is 0. The van der Waals surface area contributed by atoms with Crippen molar-refractivity contribution in [2.75, 3.05) is 11.9 Å². The number of aliphatic hydroxyl groups is 1. The second kappa shape index (κ2) is 14.8. The van der Waals surface area contributed by atoms with Crippen LogP contribution < -0.4 is 10.6 Å². The van der Waals surface area contributed by atoms with Gasteiger partial charge in [-0.1, -0.05) is 78.2 Å². The zero-order valence-electron chi connectivity index (χ0n) is 34.1. The Balaban J connectivity index is 0.921. The van der Waals surface area contributed by atoms with E-state index < -0.39 is 0 Å². The van der Waals surface area contributed by atoms with Gasteiger partial charge in [0.1, 0.15) is 0 Å². The van der Waals surface area contributed by atoms with Crippen molar-refractivity contribution in [3.05, 3.63) is 36.4 Å². The maximum absolute atomic E-state index is 14.5. The second-order valence-electron chi connectivity index (χ2n) is 19.9. The number of anilines is 1. The van der Waals surface area contributed by atoms with Gasteiger partial charge in [-0.3, -0.25) is 9.59 Å². The first kappa shape index (κ1) is 39.2. The summed E-state index contributed by atoms with van der Waals surface area (Å²) in [6, 6.07) is 7.49. The number of nitrogens with one attached hydrogen (secondary N) is 3. The number of amides is 2. The molecule has 7 rings (SSSR count). The van der Waals surface area contributed by atoms with E-state index in [1.165, 1.54) is 31.3 Å². The van der Waals surface area contributed by atoms with Gasteiger partial charge >= 0.3 is 0 Å². The molecule has 2 amide bonds. The molecule has 10 atom stereocenters. The number of rotatable bonds is 12. The highest BCUT2D eigenvalue weighted by Gasteiger charge is 2.71. The number of aromatic amines is 1. The van der Waals surface area contributed by atoms with Gasteiger partial charge in [0.05, 0.1) is 11.5 Å². The van der Waals surface area contributed by atoms with E-state index in [1.807, 2.05) is 24.3 Å². The zero-order valence-corrected chi connectivity index (χ0v) is 34.1. The van der Waals surface area contributed by atoms with E-state index in [0.717, 1.165) is 88.4 Å². The minimum Gasteiger partial charge on any atom is -0.393 e. The number of carbonyl (C=O) groups is 2. The van der Waals surface area contributed by atoms with Crippen molar-refractivity contribution < 1.29 is 14.7 Å². The average Bonchev–Trinajstić information content (AvgIpc) is 3.82. The predicted octanol–water partition coefficient (Wildman–Crippen LogP) is 9.28. The SMILES string of the molecule is C=C(C)[C@@H]1CC[C@]2(C(=O)NCCCCCCCC(=O)Nc3cccc(-c4nn[nH]n4)c3)CC[C@]3(C)[C@H](CCC4[C@@]5(C)CC[C@H](O)C(C)(C)[C@@H]5CC[C@]43C)[C@@H]12. The number of aromatic nitrogens is 4. The highest BCUT2D eigenvalue weighted by atomic mass is 16.3. The lowest BCUT2D eigenvalue weighted by atomic mass is 9.32. The van der Waals surface area contributed by atoms with Crippen LogP contribution in [-0.2, 0) is 9.59 Å². The Hall–Kier alpha value is -3.07. The van der Waals surface area contributed by atoms with Crippen LogP contribution in [-0.4, -0.2) is 50.2 Å². The Morgan fingerprint density at radius 3 is 2.43 bits per heavy atom. The first-order valence-corrected chi connectivity index (χ1v) is 21.4. The van der Waals surface area contributed by atoms with Crippen LogP contribution >= 0.6 is 0 Å². The smallest absolute Gasteiger partial charge is 0.226 e. The molecule has 5 aliphatic carbocycles. The quantitative estimate of drug-likeness (QED) is 0.127. The van der Waals surface area contributed by atoms with Gasteiger partial charge in [0.15, 0.2) is 0 Å². The van der Waals surface area contributed by atoms with Gasteiger partial charge in [0, 0.05) is 24.2 Å². The average molecular weight is 741 g/mol. The van der Waals surface area contributed by atoms with Crippen molar-refractivity contribution in [2.45, 2.75) is 150 Å². The molecule has 296 valence electrons. The van der Waals surface area contributed by atoms with E-state index in [2.05, 4.69) is 79.4 Å². The zero-order chi connectivity index (χ0) is 38.5. The van der Waals surface area contributed by atoms with E-state index in [1.54, 1.807) is 0 Å². The molecule has 0 aliphatic heterocycles. The number of fused-ring (bicyclic) bond motifs is 7. The molecule has 1 aromatic heterocycles. The van der Waals surface area contributed by atoms with Crippen molar-refractivity contribution in [3.63, 3.8) is 0 Å². The normalized spacial score (nSPS) is 38.0. The fraction of sp³-hybridized carbons (Fsp3) is 0.756. The number of nitrogens with zero attached hydrogens (tertiary/aromatic N) is 3. The summed E-state index contributed by atoms with van der Waals surface area (Å²) in [6.07, 6.45) is 16.4. The fourth-order valence-corrected chi connectivity index (χ4v) is 14.1.